The molecular weight excluding hydrogens is 446 g/mol. The second kappa shape index (κ2) is 10.7. The molecule has 0 saturated carbocycles. The zero-order chi connectivity index (χ0) is 24.1. The molecule has 1 fully saturated rings. The van der Waals surface area contributed by atoms with Gasteiger partial charge in [0.05, 0.1) is 11.6 Å². The average molecular weight is 476 g/mol. The second-order valence-corrected chi connectivity index (χ2v) is 9.45. The van der Waals surface area contributed by atoms with E-state index >= 15 is 0 Å². The van der Waals surface area contributed by atoms with Gasteiger partial charge in [-0.1, -0.05) is 56.2 Å². The molecule has 2 aromatic carbocycles. The number of aliphatic hydroxyl groups is 1. The van der Waals surface area contributed by atoms with Crippen molar-refractivity contribution in [2.75, 3.05) is 6.54 Å². The van der Waals surface area contributed by atoms with Crippen LogP contribution in [-0.4, -0.2) is 28.2 Å². The van der Waals surface area contributed by atoms with E-state index in [1.54, 1.807) is 23.1 Å². The monoisotopic (exact) mass is 475 g/mol. The summed E-state index contributed by atoms with van der Waals surface area (Å²) >= 11 is 1.48. The van der Waals surface area contributed by atoms with Gasteiger partial charge in [0, 0.05) is 17.0 Å². The Morgan fingerprint density at radius 1 is 1.06 bits per heavy atom. The number of ketones is 1. The van der Waals surface area contributed by atoms with E-state index in [-0.39, 0.29) is 11.3 Å². The van der Waals surface area contributed by atoms with Gasteiger partial charge in [-0.3, -0.25) is 9.59 Å². The predicted molar refractivity (Wildman–Crippen MR) is 135 cm³/mol. The van der Waals surface area contributed by atoms with Crippen molar-refractivity contribution in [3.05, 3.63) is 93.2 Å². The third kappa shape index (κ3) is 4.92. The molecule has 176 valence electrons. The van der Waals surface area contributed by atoms with E-state index < -0.39 is 17.7 Å². The van der Waals surface area contributed by atoms with Crippen LogP contribution in [0.2, 0.25) is 0 Å². The number of unbranched alkanes of at least 4 members (excludes halogenated alkanes) is 2. The van der Waals surface area contributed by atoms with E-state index in [2.05, 4.69) is 6.92 Å². The molecule has 0 spiro atoms. The molecule has 1 atom stereocenters. The SMILES string of the molecule is CCCCCN1C(=O)C(=O)/C(=C(\O)c2ccc(OCc3ccccc3)c(C)c2)C1c1cccs1. The number of Topliss-reactive ketones (excluding diaryl/α,β-unsaturated/α-hetero) is 1. The van der Waals surface area contributed by atoms with Gasteiger partial charge in [-0.2, -0.15) is 0 Å². The number of benzene rings is 2. The number of amides is 1. The molecule has 1 aromatic heterocycles. The molecule has 4 rings (SSSR count). The smallest absolute Gasteiger partial charge is 0.295 e. The van der Waals surface area contributed by atoms with E-state index in [1.807, 2.05) is 54.8 Å². The lowest BCUT2D eigenvalue weighted by Gasteiger charge is -2.24. The van der Waals surface area contributed by atoms with Gasteiger partial charge in [0.1, 0.15) is 18.1 Å². The first kappa shape index (κ1) is 23.8. The summed E-state index contributed by atoms with van der Waals surface area (Å²) in [4.78, 5) is 28.4. The van der Waals surface area contributed by atoms with E-state index in [0.717, 1.165) is 35.3 Å². The lowest BCUT2D eigenvalue weighted by molar-refractivity contribution is -0.139. The molecular formula is C28H29NO4S. The van der Waals surface area contributed by atoms with Gasteiger partial charge in [-0.05, 0) is 54.1 Å². The summed E-state index contributed by atoms with van der Waals surface area (Å²) in [5, 5.41) is 13.2. The maximum absolute atomic E-state index is 13.1. The number of aliphatic hydroxyl groups excluding tert-OH is 1. The molecule has 1 aliphatic rings. The fourth-order valence-corrected chi connectivity index (χ4v) is 5.08. The van der Waals surface area contributed by atoms with Crippen LogP contribution < -0.4 is 4.74 Å². The maximum atomic E-state index is 13.1. The number of aryl methyl sites for hydroxylation is 1. The number of hydrogen-bond acceptors (Lipinski definition) is 5. The van der Waals surface area contributed by atoms with Gasteiger partial charge in [0.2, 0.25) is 0 Å². The molecule has 1 amide bonds. The van der Waals surface area contributed by atoms with Gasteiger partial charge in [-0.25, -0.2) is 0 Å². The summed E-state index contributed by atoms with van der Waals surface area (Å²) in [6.07, 6.45) is 2.81. The fraction of sp³-hybridized carbons (Fsp3) is 0.286. The third-order valence-corrected chi connectivity index (χ3v) is 6.97. The normalized spacial score (nSPS) is 17.4. The fourth-order valence-electron chi connectivity index (χ4n) is 4.23. The zero-order valence-corrected chi connectivity index (χ0v) is 20.3. The lowest BCUT2D eigenvalue weighted by Crippen LogP contribution is -2.30. The van der Waals surface area contributed by atoms with Crippen molar-refractivity contribution in [2.24, 2.45) is 0 Å². The predicted octanol–water partition coefficient (Wildman–Crippen LogP) is 6.25. The Bertz CT molecular complexity index is 1180. The highest BCUT2D eigenvalue weighted by atomic mass is 32.1. The van der Waals surface area contributed by atoms with Crippen LogP contribution in [0, 0.1) is 6.92 Å². The zero-order valence-electron chi connectivity index (χ0n) is 19.5. The second-order valence-electron chi connectivity index (χ2n) is 8.47. The quantitative estimate of drug-likeness (QED) is 0.172. The average Bonchev–Trinajstić information content (AvgIpc) is 3.46. The number of carbonyl (C=O) groups is 2. The van der Waals surface area contributed by atoms with Gasteiger partial charge in [-0.15, -0.1) is 11.3 Å². The van der Waals surface area contributed by atoms with E-state index in [1.165, 1.54) is 11.3 Å². The first-order valence-electron chi connectivity index (χ1n) is 11.6. The molecule has 2 heterocycles. The molecule has 34 heavy (non-hydrogen) atoms. The molecule has 6 heteroatoms. The van der Waals surface area contributed by atoms with Crippen molar-refractivity contribution in [2.45, 2.75) is 45.8 Å². The van der Waals surface area contributed by atoms with Crippen LogP contribution in [0.3, 0.4) is 0 Å². The maximum Gasteiger partial charge on any atom is 0.295 e. The van der Waals surface area contributed by atoms with Crippen molar-refractivity contribution in [1.29, 1.82) is 0 Å². The van der Waals surface area contributed by atoms with Crippen molar-refractivity contribution < 1.29 is 19.4 Å². The summed E-state index contributed by atoms with van der Waals surface area (Å²) in [7, 11) is 0. The number of ether oxygens (including phenoxy) is 1. The topological polar surface area (TPSA) is 66.8 Å². The minimum atomic E-state index is -0.630. The summed E-state index contributed by atoms with van der Waals surface area (Å²) < 4.78 is 5.95. The van der Waals surface area contributed by atoms with Crippen LogP contribution in [0.1, 0.15) is 53.8 Å². The first-order valence-corrected chi connectivity index (χ1v) is 12.5. The Morgan fingerprint density at radius 3 is 2.53 bits per heavy atom. The van der Waals surface area contributed by atoms with Gasteiger partial charge in [0.15, 0.2) is 0 Å². The van der Waals surface area contributed by atoms with Crippen LogP contribution in [0.5, 0.6) is 5.75 Å². The lowest BCUT2D eigenvalue weighted by atomic mass is 9.98. The minimum absolute atomic E-state index is 0.146. The van der Waals surface area contributed by atoms with Crippen molar-refractivity contribution >= 4 is 28.8 Å². The minimum Gasteiger partial charge on any atom is -0.507 e. The Hall–Kier alpha value is -3.38. The highest BCUT2D eigenvalue weighted by molar-refractivity contribution is 7.10. The largest absolute Gasteiger partial charge is 0.507 e. The van der Waals surface area contributed by atoms with Gasteiger partial charge >= 0.3 is 0 Å². The van der Waals surface area contributed by atoms with Crippen LogP contribution in [-0.2, 0) is 16.2 Å². The van der Waals surface area contributed by atoms with Crippen LogP contribution >= 0.6 is 11.3 Å². The number of rotatable bonds is 9. The van der Waals surface area contributed by atoms with E-state index in [9.17, 15) is 14.7 Å². The Labute approximate surface area is 204 Å². The Kier molecular flexibility index (Phi) is 7.48. The standard InChI is InChI=1S/C28H29NO4S/c1-3-4-8-15-29-25(23-12-9-16-34-23)24(27(31)28(29)32)26(30)21-13-14-22(19(2)17-21)33-18-20-10-6-5-7-11-20/h5-7,9-14,16-17,25,30H,3-4,8,15,18H2,1-2H3/b26-24-. The molecule has 1 N–H and O–H groups in total. The first-order chi connectivity index (χ1) is 16.5. The van der Waals surface area contributed by atoms with Crippen molar-refractivity contribution in [3.8, 4) is 5.75 Å². The molecule has 0 radical (unpaired) electrons. The summed E-state index contributed by atoms with van der Waals surface area (Å²) in [6.45, 7) is 4.93. The molecule has 1 unspecified atom stereocenters. The molecule has 3 aromatic rings. The molecule has 5 nitrogen and oxygen atoms in total. The molecule has 0 bridgehead atoms. The number of nitrogens with zero attached hydrogens (tertiary/aromatic N) is 1. The van der Waals surface area contributed by atoms with Crippen LogP contribution in [0.15, 0.2) is 71.6 Å². The molecule has 1 saturated heterocycles. The number of hydrogen-bond donors (Lipinski definition) is 1. The van der Waals surface area contributed by atoms with Gasteiger partial charge in [0.25, 0.3) is 11.7 Å². The summed E-state index contributed by atoms with van der Waals surface area (Å²) in [6, 6.07) is 18.5. The number of thiophene rings is 1. The van der Waals surface area contributed by atoms with E-state index in [4.69, 9.17) is 4.74 Å². The van der Waals surface area contributed by atoms with E-state index in [0.29, 0.717) is 24.5 Å². The third-order valence-electron chi connectivity index (χ3n) is 6.04. The molecule has 0 aliphatic carbocycles. The van der Waals surface area contributed by atoms with Crippen LogP contribution in [0.25, 0.3) is 5.76 Å². The Balaban J connectivity index is 1.64. The van der Waals surface area contributed by atoms with Crippen molar-refractivity contribution in [3.63, 3.8) is 0 Å². The molecule has 1 aliphatic heterocycles. The van der Waals surface area contributed by atoms with Gasteiger partial charge < -0.3 is 14.7 Å². The van der Waals surface area contributed by atoms with Crippen LogP contribution in [0.4, 0.5) is 0 Å². The highest BCUT2D eigenvalue weighted by Crippen LogP contribution is 2.41. The Morgan fingerprint density at radius 2 is 1.85 bits per heavy atom. The highest BCUT2D eigenvalue weighted by Gasteiger charge is 2.46. The number of carbonyl (C=O) groups excluding carboxylic acids is 2. The summed E-state index contributed by atoms with van der Waals surface area (Å²) in [5.74, 6) is -0.618. The number of likely N-dealkylation sites (tertiary alicyclic amines) is 1. The summed E-state index contributed by atoms with van der Waals surface area (Å²) in [5.41, 5.74) is 2.55. The van der Waals surface area contributed by atoms with Crippen molar-refractivity contribution in [1.82, 2.24) is 4.90 Å².